The summed E-state index contributed by atoms with van der Waals surface area (Å²) >= 11 is 0. The van der Waals surface area contributed by atoms with Gasteiger partial charge in [-0.1, -0.05) is 0 Å². The average Bonchev–Trinajstić information content (AvgIpc) is 4.18. The van der Waals surface area contributed by atoms with Crippen molar-refractivity contribution >= 4 is 115 Å². The number of aromatic amines is 6. The standard InChI is InChI=1S/2C20H16N4.C20H14N4/c3*1-2-14-10-16-5-6-18(23-16)12-20-8-7-19(24-20)11-17-4-3-15(22-17)9-13(1)21-14/h2*1-6,9-12,22-23H,7-8H2;1-12,21-22H. The normalized spacial score (nSPS) is 13.1. The maximum absolute atomic E-state index is 4.75. The summed E-state index contributed by atoms with van der Waals surface area (Å²) in [6.07, 6.45) is 20.1. The van der Waals surface area contributed by atoms with Crippen molar-refractivity contribution in [1.29, 1.82) is 0 Å². The van der Waals surface area contributed by atoms with Crippen LogP contribution in [0.3, 0.4) is 0 Å². The van der Waals surface area contributed by atoms with Crippen LogP contribution in [0.4, 0.5) is 0 Å². The van der Waals surface area contributed by atoms with Gasteiger partial charge in [0.2, 0.25) is 0 Å². The lowest BCUT2D eigenvalue weighted by atomic mass is 10.2. The number of hydrogen-bond donors (Lipinski definition) is 6. The largest absolute Gasteiger partial charge is 0.355 e. The topological polar surface area (TPSA) is 172 Å². The second-order valence-electron chi connectivity index (χ2n) is 18.3. The first kappa shape index (κ1) is 42.4. The van der Waals surface area contributed by atoms with E-state index in [-0.39, 0.29) is 0 Å². The van der Waals surface area contributed by atoms with E-state index in [4.69, 9.17) is 9.97 Å². The predicted octanol–water partition coefficient (Wildman–Crippen LogP) is 13.2. The Hall–Kier alpha value is -9.68. The van der Waals surface area contributed by atoms with Crippen LogP contribution in [0.2, 0.25) is 0 Å². The molecular weight excluding hydrogens is 889 g/mol. The first-order valence-corrected chi connectivity index (χ1v) is 24.1. The molecule has 0 fully saturated rings. The van der Waals surface area contributed by atoms with Gasteiger partial charge in [0.1, 0.15) is 0 Å². The summed E-state index contributed by atoms with van der Waals surface area (Å²) in [5.74, 6) is 0. The highest BCUT2D eigenvalue weighted by atomic mass is 14.8. The van der Waals surface area contributed by atoms with Gasteiger partial charge in [0.25, 0.3) is 0 Å². The average molecular weight is 935 g/mol. The quantitative estimate of drug-likeness (QED) is 0.0883. The van der Waals surface area contributed by atoms with Crippen LogP contribution in [0.1, 0.15) is 68.3 Å². The predicted molar refractivity (Wildman–Crippen MR) is 294 cm³/mol. The maximum atomic E-state index is 4.75. The van der Waals surface area contributed by atoms with E-state index in [0.29, 0.717) is 0 Å². The fourth-order valence-electron chi connectivity index (χ4n) is 9.32. The number of aromatic nitrogens is 12. The van der Waals surface area contributed by atoms with Crippen LogP contribution >= 0.6 is 0 Å². The molecule has 6 aliphatic heterocycles. The van der Waals surface area contributed by atoms with Crippen molar-refractivity contribution in [2.24, 2.45) is 0 Å². The summed E-state index contributed by atoms with van der Waals surface area (Å²) in [6.45, 7) is 0. The molecule has 0 amide bonds. The van der Waals surface area contributed by atoms with E-state index in [0.717, 1.165) is 160 Å². The van der Waals surface area contributed by atoms with E-state index in [1.54, 1.807) is 0 Å². The van der Waals surface area contributed by atoms with Gasteiger partial charge in [-0.15, -0.1) is 0 Å². The number of aryl methyl sites for hydroxylation is 4. The number of H-pyrrole nitrogens is 6. The van der Waals surface area contributed by atoms with E-state index in [9.17, 15) is 0 Å². The third-order valence-electron chi connectivity index (χ3n) is 12.7. The first-order chi connectivity index (χ1) is 35.4. The van der Waals surface area contributed by atoms with Gasteiger partial charge in [0.05, 0.1) is 45.6 Å². The van der Waals surface area contributed by atoms with Crippen molar-refractivity contribution in [3.63, 3.8) is 0 Å². The van der Waals surface area contributed by atoms with Crippen LogP contribution in [0.5, 0.6) is 0 Å². The highest BCUT2D eigenvalue weighted by Gasteiger charge is 2.09. The Morgan fingerprint density at radius 2 is 0.375 bits per heavy atom. The molecule has 0 radical (unpaired) electrons. The minimum Gasteiger partial charge on any atom is -0.355 e. The molecule has 15 heterocycles. The minimum absolute atomic E-state index is 0.915. The summed E-state index contributed by atoms with van der Waals surface area (Å²) in [4.78, 5) is 48.4. The third-order valence-corrected chi connectivity index (χ3v) is 12.7. The smallest absolute Gasteiger partial charge is 0.0659 e. The van der Waals surface area contributed by atoms with Crippen LogP contribution in [0, 0.1) is 0 Å². The van der Waals surface area contributed by atoms with Crippen LogP contribution in [-0.2, 0) is 25.7 Å². The first-order valence-electron chi connectivity index (χ1n) is 24.1. The lowest BCUT2D eigenvalue weighted by molar-refractivity contribution is 1.03. The fraction of sp³-hybridized carbons (Fsp3) is 0.0667. The Balaban J connectivity index is 0.000000105. The van der Waals surface area contributed by atoms with Gasteiger partial charge in [-0.25, -0.2) is 19.9 Å². The minimum atomic E-state index is 0.915. The van der Waals surface area contributed by atoms with E-state index in [2.05, 4.69) is 177 Å². The Labute approximate surface area is 412 Å². The van der Waals surface area contributed by atoms with Crippen molar-refractivity contribution < 1.29 is 0 Å². The number of fused-ring (bicyclic) bond motifs is 24. The van der Waals surface area contributed by atoms with Crippen molar-refractivity contribution in [1.82, 2.24) is 59.8 Å². The van der Waals surface area contributed by atoms with Gasteiger partial charge < -0.3 is 29.9 Å². The molecule has 9 aromatic heterocycles. The zero-order chi connectivity index (χ0) is 47.8. The lowest BCUT2D eigenvalue weighted by Crippen LogP contribution is -1.77. The van der Waals surface area contributed by atoms with Crippen LogP contribution in [0.15, 0.2) is 146 Å². The molecule has 0 aliphatic carbocycles. The van der Waals surface area contributed by atoms with E-state index < -0.39 is 0 Å². The molecule has 24 bridgehead atoms. The summed E-state index contributed by atoms with van der Waals surface area (Å²) < 4.78 is 0. The molecule has 6 aliphatic rings. The van der Waals surface area contributed by atoms with Gasteiger partial charge in [-0.05, 0) is 220 Å². The van der Waals surface area contributed by atoms with Crippen molar-refractivity contribution in [3.05, 3.63) is 214 Å². The Morgan fingerprint density at radius 3 is 0.597 bits per heavy atom. The molecule has 0 saturated carbocycles. The third kappa shape index (κ3) is 9.91. The van der Waals surface area contributed by atoms with Crippen molar-refractivity contribution in [3.8, 4) is 0 Å². The monoisotopic (exact) mass is 934 g/mol. The number of hydrogen-bond acceptors (Lipinski definition) is 6. The molecule has 0 aromatic carbocycles. The molecule has 6 N–H and O–H groups in total. The Morgan fingerprint density at radius 1 is 0.194 bits per heavy atom. The van der Waals surface area contributed by atoms with Gasteiger partial charge >= 0.3 is 0 Å². The Bertz CT molecular complexity index is 3820. The molecule has 0 atom stereocenters. The Kier molecular flexibility index (Phi) is 10.8. The SMILES string of the molecule is C1=Cc2cc3ccc(cc4ccc(cc5nc(cc1n2)C=C5)[nH]4)[nH]3.C1=Cc2cc3ccc(cc4nc(cc5ccc(cc1n2)[nH]5)CC4)[nH]3.C1=Cc2cc3ccc(cc4nc(cc5ccc(cc1n2)[nH]5)CC4)[nH]3. The molecule has 12 nitrogen and oxygen atoms in total. The zero-order valence-corrected chi connectivity index (χ0v) is 39.0. The van der Waals surface area contributed by atoms with E-state index in [1.807, 2.05) is 66.8 Å². The number of nitrogens with one attached hydrogen (secondary N) is 6. The van der Waals surface area contributed by atoms with Gasteiger partial charge in [-0.2, -0.15) is 0 Å². The summed E-state index contributed by atoms with van der Waals surface area (Å²) in [6, 6.07) is 49.8. The summed E-state index contributed by atoms with van der Waals surface area (Å²) in [5, 5.41) is 0. The van der Waals surface area contributed by atoms with Crippen LogP contribution in [-0.4, -0.2) is 59.8 Å². The number of rotatable bonds is 0. The molecule has 346 valence electrons. The van der Waals surface area contributed by atoms with Gasteiger partial charge in [0, 0.05) is 89.0 Å². The highest BCUT2D eigenvalue weighted by Crippen LogP contribution is 2.21. The van der Waals surface area contributed by atoms with Crippen molar-refractivity contribution in [2.75, 3.05) is 0 Å². The second kappa shape index (κ2) is 18.3. The summed E-state index contributed by atoms with van der Waals surface area (Å²) in [7, 11) is 0. The molecule has 12 heteroatoms. The zero-order valence-electron chi connectivity index (χ0n) is 39.0. The molecular formula is C60H46N12. The fourth-order valence-corrected chi connectivity index (χ4v) is 9.32. The molecule has 0 spiro atoms. The van der Waals surface area contributed by atoms with E-state index in [1.165, 1.54) is 0 Å². The molecule has 0 saturated heterocycles. The van der Waals surface area contributed by atoms with Gasteiger partial charge in [0.15, 0.2) is 0 Å². The van der Waals surface area contributed by atoms with Crippen molar-refractivity contribution in [2.45, 2.75) is 25.7 Å². The summed E-state index contributed by atoms with van der Waals surface area (Å²) in [5.41, 5.74) is 24.7. The molecule has 9 aromatic rings. The molecule has 15 rings (SSSR count). The van der Waals surface area contributed by atoms with Gasteiger partial charge in [-0.3, -0.25) is 9.97 Å². The maximum Gasteiger partial charge on any atom is 0.0659 e. The van der Waals surface area contributed by atoms with E-state index >= 15 is 0 Å². The molecule has 72 heavy (non-hydrogen) atoms. The molecule has 0 unspecified atom stereocenters. The number of nitrogens with zero attached hydrogens (tertiary/aromatic N) is 6. The lowest BCUT2D eigenvalue weighted by Gasteiger charge is -1.86. The van der Waals surface area contributed by atoms with Crippen LogP contribution < -0.4 is 0 Å². The highest BCUT2D eigenvalue weighted by molar-refractivity contribution is 5.79. The van der Waals surface area contributed by atoms with Crippen LogP contribution in [0.25, 0.3) is 115 Å². The second-order valence-corrected chi connectivity index (χ2v) is 18.3.